The summed E-state index contributed by atoms with van der Waals surface area (Å²) in [6.07, 6.45) is 9.06. The second-order valence-corrected chi connectivity index (χ2v) is 5.95. The minimum absolute atomic E-state index is 0.338. The molecule has 2 N–H and O–H groups in total. The van der Waals surface area contributed by atoms with Gasteiger partial charge in [0.2, 0.25) is 5.91 Å². The molecule has 4 heteroatoms. The van der Waals surface area contributed by atoms with E-state index in [-0.39, 0.29) is 0 Å². The maximum absolute atomic E-state index is 12.0. The predicted molar refractivity (Wildman–Crippen MR) is 77.9 cm³/mol. The Morgan fingerprint density at radius 2 is 1.68 bits per heavy atom. The molecule has 110 valence electrons. The highest BCUT2D eigenvalue weighted by Crippen LogP contribution is 2.21. The molecule has 1 amide bonds. The van der Waals surface area contributed by atoms with Gasteiger partial charge in [-0.3, -0.25) is 4.79 Å². The maximum atomic E-state index is 12.0. The molecule has 2 saturated heterocycles. The first-order chi connectivity index (χ1) is 9.31. The topological polar surface area (TPSA) is 49.6 Å². The molecule has 2 heterocycles. The lowest BCUT2D eigenvalue weighted by Crippen LogP contribution is -2.48. The highest BCUT2D eigenvalue weighted by Gasteiger charge is 2.27. The van der Waals surface area contributed by atoms with Gasteiger partial charge in [-0.05, 0) is 58.2 Å². The van der Waals surface area contributed by atoms with Crippen molar-refractivity contribution < 1.29 is 4.79 Å². The quantitative estimate of drug-likeness (QED) is 0.770. The fourth-order valence-corrected chi connectivity index (χ4v) is 3.34. The molecule has 19 heavy (non-hydrogen) atoms. The molecule has 0 saturated carbocycles. The van der Waals surface area contributed by atoms with Crippen LogP contribution in [0.4, 0.5) is 0 Å². The number of hydrogen-bond donors (Lipinski definition) is 1. The average Bonchev–Trinajstić information content (AvgIpc) is 2.48. The van der Waals surface area contributed by atoms with Crippen molar-refractivity contribution in [2.45, 2.75) is 57.4 Å². The second kappa shape index (κ2) is 7.85. The van der Waals surface area contributed by atoms with Crippen LogP contribution in [-0.4, -0.2) is 54.5 Å². The van der Waals surface area contributed by atoms with Gasteiger partial charge >= 0.3 is 0 Å². The lowest BCUT2D eigenvalue weighted by Gasteiger charge is -2.40. The minimum Gasteiger partial charge on any atom is -0.343 e. The van der Waals surface area contributed by atoms with Gasteiger partial charge in [0, 0.05) is 25.6 Å². The van der Waals surface area contributed by atoms with Gasteiger partial charge in [0.15, 0.2) is 0 Å². The second-order valence-electron chi connectivity index (χ2n) is 5.95. The van der Waals surface area contributed by atoms with Crippen molar-refractivity contribution in [1.29, 1.82) is 0 Å². The molecule has 0 bridgehead atoms. The highest BCUT2D eigenvalue weighted by molar-refractivity contribution is 5.76. The molecule has 0 spiro atoms. The van der Waals surface area contributed by atoms with E-state index >= 15 is 0 Å². The molecule has 0 aromatic carbocycles. The third-order valence-corrected chi connectivity index (χ3v) is 4.57. The number of unbranched alkanes of at least 4 members (excludes halogenated alkanes) is 1. The van der Waals surface area contributed by atoms with E-state index in [1.54, 1.807) is 0 Å². The van der Waals surface area contributed by atoms with Crippen LogP contribution in [0.15, 0.2) is 0 Å². The SMILES string of the molecule is NCCCCC(=O)N1CCC(N2CCCCC2)CC1. The Bertz CT molecular complexity index is 269. The van der Waals surface area contributed by atoms with Crippen LogP contribution in [0.3, 0.4) is 0 Å². The molecule has 0 aromatic heterocycles. The first-order valence-electron chi connectivity index (χ1n) is 8.03. The van der Waals surface area contributed by atoms with Gasteiger partial charge in [-0.25, -0.2) is 0 Å². The Labute approximate surface area is 117 Å². The van der Waals surface area contributed by atoms with Gasteiger partial charge in [-0.2, -0.15) is 0 Å². The fraction of sp³-hybridized carbons (Fsp3) is 0.933. The van der Waals surface area contributed by atoms with E-state index in [1.165, 1.54) is 45.2 Å². The Kier molecular flexibility index (Phi) is 6.11. The molecule has 2 aliphatic heterocycles. The van der Waals surface area contributed by atoms with E-state index in [0.717, 1.165) is 32.0 Å². The van der Waals surface area contributed by atoms with Crippen LogP contribution in [-0.2, 0) is 4.79 Å². The standard InChI is InChI=1S/C15H29N3O/c16-9-3-2-6-15(19)18-12-7-14(8-13-18)17-10-4-1-5-11-17/h14H,1-13,16H2. The summed E-state index contributed by atoms with van der Waals surface area (Å²) in [7, 11) is 0. The molecule has 0 radical (unpaired) electrons. The zero-order valence-corrected chi connectivity index (χ0v) is 12.1. The zero-order valence-electron chi connectivity index (χ0n) is 12.1. The monoisotopic (exact) mass is 267 g/mol. The molecule has 2 fully saturated rings. The summed E-state index contributed by atoms with van der Waals surface area (Å²) < 4.78 is 0. The number of amides is 1. The largest absolute Gasteiger partial charge is 0.343 e. The van der Waals surface area contributed by atoms with Crippen LogP contribution >= 0.6 is 0 Å². The molecular weight excluding hydrogens is 238 g/mol. The predicted octanol–water partition coefficient (Wildman–Crippen LogP) is 1.59. The van der Waals surface area contributed by atoms with Crippen LogP contribution in [0, 0.1) is 0 Å². The average molecular weight is 267 g/mol. The first kappa shape index (κ1) is 14.8. The van der Waals surface area contributed by atoms with Gasteiger partial charge in [0.25, 0.3) is 0 Å². The maximum Gasteiger partial charge on any atom is 0.222 e. The van der Waals surface area contributed by atoms with E-state index in [0.29, 0.717) is 18.9 Å². The third-order valence-electron chi connectivity index (χ3n) is 4.57. The van der Waals surface area contributed by atoms with Crippen molar-refractivity contribution in [1.82, 2.24) is 9.80 Å². The van der Waals surface area contributed by atoms with E-state index in [4.69, 9.17) is 5.73 Å². The number of rotatable bonds is 5. The van der Waals surface area contributed by atoms with E-state index < -0.39 is 0 Å². The van der Waals surface area contributed by atoms with Crippen molar-refractivity contribution in [3.05, 3.63) is 0 Å². The van der Waals surface area contributed by atoms with Crippen LogP contribution in [0.5, 0.6) is 0 Å². The molecule has 4 nitrogen and oxygen atoms in total. The normalized spacial score (nSPS) is 22.7. The van der Waals surface area contributed by atoms with Crippen molar-refractivity contribution >= 4 is 5.91 Å². The fourth-order valence-electron chi connectivity index (χ4n) is 3.34. The number of carbonyl (C=O) groups is 1. The summed E-state index contributed by atoms with van der Waals surface area (Å²) in [5.74, 6) is 0.338. The Morgan fingerprint density at radius 1 is 1.00 bits per heavy atom. The summed E-state index contributed by atoms with van der Waals surface area (Å²) in [6.45, 7) is 5.17. The molecule has 0 aliphatic carbocycles. The smallest absolute Gasteiger partial charge is 0.222 e. The van der Waals surface area contributed by atoms with Crippen molar-refractivity contribution in [3.63, 3.8) is 0 Å². The summed E-state index contributed by atoms with van der Waals surface area (Å²) in [6, 6.07) is 0.730. The van der Waals surface area contributed by atoms with E-state index in [9.17, 15) is 4.79 Å². The van der Waals surface area contributed by atoms with Gasteiger partial charge in [-0.15, -0.1) is 0 Å². The van der Waals surface area contributed by atoms with Crippen LogP contribution in [0.2, 0.25) is 0 Å². The summed E-state index contributed by atoms with van der Waals surface area (Å²) in [4.78, 5) is 16.7. The summed E-state index contributed by atoms with van der Waals surface area (Å²) >= 11 is 0. The summed E-state index contributed by atoms with van der Waals surface area (Å²) in [5.41, 5.74) is 5.46. The Balaban J connectivity index is 1.68. The molecule has 0 atom stereocenters. The van der Waals surface area contributed by atoms with Crippen LogP contribution in [0.25, 0.3) is 0 Å². The van der Waals surface area contributed by atoms with Gasteiger partial charge in [-0.1, -0.05) is 6.42 Å². The lowest BCUT2D eigenvalue weighted by atomic mass is 9.99. The van der Waals surface area contributed by atoms with E-state index in [2.05, 4.69) is 9.80 Å². The number of piperidine rings is 2. The molecule has 2 aliphatic rings. The number of nitrogens with zero attached hydrogens (tertiary/aromatic N) is 2. The van der Waals surface area contributed by atoms with Crippen molar-refractivity contribution in [3.8, 4) is 0 Å². The number of carbonyl (C=O) groups excluding carboxylic acids is 1. The molecule has 0 aromatic rings. The van der Waals surface area contributed by atoms with Crippen LogP contribution < -0.4 is 5.73 Å². The first-order valence-corrected chi connectivity index (χ1v) is 8.03. The third kappa shape index (κ3) is 4.46. The van der Waals surface area contributed by atoms with E-state index in [1.807, 2.05) is 0 Å². The van der Waals surface area contributed by atoms with Crippen molar-refractivity contribution in [2.75, 3.05) is 32.7 Å². The minimum atomic E-state index is 0.338. The number of hydrogen-bond acceptors (Lipinski definition) is 3. The van der Waals surface area contributed by atoms with Gasteiger partial charge in [0.05, 0.1) is 0 Å². The molecule has 2 rings (SSSR count). The summed E-state index contributed by atoms with van der Waals surface area (Å²) in [5, 5.41) is 0. The highest BCUT2D eigenvalue weighted by atomic mass is 16.2. The Morgan fingerprint density at radius 3 is 2.32 bits per heavy atom. The zero-order chi connectivity index (χ0) is 13.5. The van der Waals surface area contributed by atoms with Gasteiger partial charge < -0.3 is 15.5 Å². The molecule has 0 unspecified atom stereocenters. The molecular formula is C15H29N3O. The van der Waals surface area contributed by atoms with Crippen LogP contribution in [0.1, 0.15) is 51.4 Å². The van der Waals surface area contributed by atoms with Gasteiger partial charge in [0.1, 0.15) is 0 Å². The Hall–Kier alpha value is -0.610. The lowest BCUT2D eigenvalue weighted by molar-refractivity contribution is -0.132. The number of likely N-dealkylation sites (tertiary alicyclic amines) is 2. The number of nitrogens with two attached hydrogens (primary N) is 1. The van der Waals surface area contributed by atoms with Crippen molar-refractivity contribution in [2.24, 2.45) is 5.73 Å².